The topological polar surface area (TPSA) is 120 Å². The van der Waals surface area contributed by atoms with Crippen LogP contribution in [0.3, 0.4) is 0 Å². The lowest BCUT2D eigenvalue weighted by molar-refractivity contribution is -0.384. The first kappa shape index (κ1) is 16.1. The molecular formula is C16H12N4O5. The number of nitrogens with zero attached hydrogens (tertiary/aromatic N) is 3. The van der Waals surface area contributed by atoms with E-state index >= 15 is 0 Å². The fraction of sp³-hybridized carbons (Fsp3) is 0.0625. The molecule has 1 heterocycles. The number of non-ortho nitro benzene ring substituents is 1. The van der Waals surface area contributed by atoms with Crippen molar-refractivity contribution in [2.75, 3.05) is 11.9 Å². The highest BCUT2D eigenvalue weighted by molar-refractivity contribution is 5.92. The SMILES string of the molecule is O=C(COc1ccc(-c2nnco2)cc1)Nc1cccc([N+](=O)[O-])c1. The normalized spacial score (nSPS) is 10.2. The van der Waals surface area contributed by atoms with Crippen LogP contribution in [0, 0.1) is 10.1 Å². The lowest BCUT2D eigenvalue weighted by Gasteiger charge is -2.07. The number of anilines is 1. The van der Waals surface area contributed by atoms with Crippen LogP contribution in [0.5, 0.6) is 5.75 Å². The van der Waals surface area contributed by atoms with Crippen LogP contribution in [0.1, 0.15) is 0 Å². The average molecular weight is 340 g/mol. The number of benzene rings is 2. The van der Waals surface area contributed by atoms with Crippen LogP contribution in [0.2, 0.25) is 0 Å². The Bertz CT molecular complexity index is 878. The highest BCUT2D eigenvalue weighted by Crippen LogP contribution is 2.20. The van der Waals surface area contributed by atoms with E-state index in [1.165, 1.54) is 24.6 Å². The maximum atomic E-state index is 11.9. The van der Waals surface area contributed by atoms with Crippen LogP contribution in [0.4, 0.5) is 11.4 Å². The van der Waals surface area contributed by atoms with E-state index in [2.05, 4.69) is 15.5 Å². The molecule has 3 rings (SSSR count). The van der Waals surface area contributed by atoms with Gasteiger partial charge < -0.3 is 14.5 Å². The van der Waals surface area contributed by atoms with Gasteiger partial charge in [-0.05, 0) is 30.3 Å². The molecule has 0 bridgehead atoms. The number of carbonyl (C=O) groups is 1. The number of amides is 1. The molecule has 0 aliphatic heterocycles. The van der Waals surface area contributed by atoms with Crippen LogP contribution in [-0.2, 0) is 4.79 Å². The lowest BCUT2D eigenvalue weighted by atomic mass is 10.2. The minimum Gasteiger partial charge on any atom is -0.484 e. The smallest absolute Gasteiger partial charge is 0.271 e. The molecule has 0 saturated carbocycles. The molecule has 25 heavy (non-hydrogen) atoms. The van der Waals surface area contributed by atoms with Crippen LogP contribution < -0.4 is 10.1 Å². The Labute approximate surface area is 141 Å². The third-order valence-electron chi connectivity index (χ3n) is 3.17. The van der Waals surface area contributed by atoms with Gasteiger partial charge in [0, 0.05) is 23.4 Å². The van der Waals surface area contributed by atoms with Crippen LogP contribution in [-0.4, -0.2) is 27.6 Å². The number of carbonyl (C=O) groups excluding carboxylic acids is 1. The zero-order chi connectivity index (χ0) is 17.6. The van der Waals surface area contributed by atoms with Gasteiger partial charge in [-0.1, -0.05) is 6.07 Å². The molecule has 2 aromatic carbocycles. The Kier molecular flexibility index (Phi) is 4.65. The van der Waals surface area contributed by atoms with Gasteiger partial charge in [-0.15, -0.1) is 10.2 Å². The van der Waals surface area contributed by atoms with E-state index in [4.69, 9.17) is 9.15 Å². The number of hydrogen-bond donors (Lipinski definition) is 1. The van der Waals surface area contributed by atoms with Crippen molar-refractivity contribution in [2.45, 2.75) is 0 Å². The maximum absolute atomic E-state index is 11.9. The molecule has 0 saturated heterocycles. The standard InChI is InChI=1S/C16H12N4O5/c21-15(18-12-2-1-3-13(8-12)20(22)23)9-24-14-6-4-11(5-7-14)16-19-17-10-25-16/h1-8,10H,9H2,(H,18,21). The van der Waals surface area contributed by atoms with Gasteiger partial charge in [-0.25, -0.2) is 0 Å². The summed E-state index contributed by atoms with van der Waals surface area (Å²) in [7, 11) is 0. The molecule has 1 amide bonds. The third-order valence-corrected chi connectivity index (χ3v) is 3.17. The summed E-state index contributed by atoms with van der Waals surface area (Å²) in [4.78, 5) is 22.1. The second-order valence-corrected chi connectivity index (χ2v) is 4.91. The second kappa shape index (κ2) is 7.21. The first-order valence-corrected chi connectivity index (χ1v) is 7.15. The highest BCUT2D eigenvalue weighted by atomic mass is 16.6. The molecule has 0 fully saturated rings. The minimum absolute atomic E-state index is 0.102. The maximum Gasteiger partial charge on any atom is 0.271 e. The Morgan fingerprint density at radius 1 is 1.24 bits per heavy atom. The predicted octanol–water partition coefficient (Wildman–Crippen LogP) is 2.66. The summed E-state index contributed by atoms with van der Waals surface area (Å²) in [6.07, 6.45) is 1.23. The molecule has 0 aliphatic rings. The van der Waals surface area contributed by atoms with Gasteiger partial charge >= 0.3 is 0 Å². The van der Waals surface area contributed by atoms with E-state index in [1.807, 2.05) is 0 Å². The molecule has 1 aromatic heterocycles. The molecule has 9 heteroatoms. The third kappa shape index (κ3) is 4.16. The van der Waals surface area contributed by atoms with Crippen molar-refractivity contribution in [1.82, 2.24) is 10.2 Å². The largest absolute Gasteiger partial charge is 0.484 e. The van der Waals surface area contributed by atoms with Gasteiger partial charge in [-0.3, -0.25) is 14.9 Å². The van der Waals surface area contributed by atoms with Gasteiger partial charge in [0.2, 0.25) is 12.3 Å². The molecule has 0 atom stereocenters. The Hall–Kier alpha value is -3.75. The number of nitro benzene ring substituents is 1. The number of aromatic nitrogens is 2. The molecule has 0 radical (unpaired) electrons. The molecule has 3 aromatic rings. The summed E-state index contributed by atoms with van der Waals surface area (Å²) >= 11 is 0. The van der Waals surface area contributed by atoms with Gasteiger partial charge in [-0.2, -0.15) is 0 Å². The number of nitrogens with one attached hydrogen (secondary N) is 1. The van der Waals surface area contributed by atoms with Crippen molar-refractivity contribution >= 4 is 17.3 Å². The van der Waals surface area contributed by atoms with Crippen molar-refractivity contribution in [1.29, 1.82) is 0 Å². The van der Waals surface area contributed by atoms with Gasteiger partial charge in [0.1, 0.15) is 5.75 Å². The summed E-state index contributed by atoms with van der Waals surface area (Å²) in [6.45, 7) is -0.234. The first-order valence-electron chi connectivity index (χ1n) is 7.15. The summed E-state index contributed by atoms with van der Waals surface area (Å²) in [5.74, 6) is 0.439. The Balaban J connectivity index is 1.55. The van der Waals surface area contributed by atoms with E-state index in [-0.39, 0.29) is 12.3 Å². The molecule has 0 unspecified atom stereocenters. The van der Waals surface area contributed by atoms with Crippen molar-refractivity contribution in [3.8, 4) is 17.2 Å². The summed E-state index contributed by atoms with van der Waals surface area (Å²) in [5.41, 5.74) is 0.954. The van der Waals surface area contributed by atoms with Crippen LogP contribution >= 0.6 is 0 Å². The summed E-state index contributed by atoms with van der Waals surface area (Å²) < 4.78 is 10.5. The lowest BCUT2D eigenvalue weighted by Crippen LogP contribution is -2.20. The van der Waals surface area contributed by atoms with Gasteiger partial charge in [0.05, 0.1) is 4.92 Å². The fourth-order valence-electron chi connectivity index (χ4n) is 2.04. The fourth-order valence-corrected chi connectivity index (χ4v) is 2.04. The molecule has 0 spiro atoms. The monoisotopic (exact) mass is 340 g/mol. The highest BCUT2D eigenvalue weighted by Gasteiger charge is 2.09. The van der Waals surface area contributed by atoms with Crippen molar-refractivity contribution in [2.24, 2.45) is 0 Å². The van der Waals surface area contributed by atoms with Crippen LogP contribution in [0.25, 0.3) is 11.5 Å². The zero-order valence-corrected chi connectivity index (χ0v) is 12.8. The number of nitro groups is 1. The molecular weight excluding hydrogens is 328 g/mol. The van der Waals surface area contributed by atoms with E-state index in [1.54, 1.807) is 30.3 Å². The Morgan fingerprint density at radius 3 is 2.72 bits per heavy atom. The molecule has 9 nitrogen and oxygen atoms in total. The van der Waals surface area contributed by atoms with E-state index < -0.39 is 10.8 Å². The van der Waals surface area contributed by atoms with Crippen molar-refractivity contribution in [3.63, 3.8) is 0 Å². The number of ether oxygens (including phenoxy) is 1. The predicted molar refractivity (Wildman–Crippen MR) is 87.0 cm³/mol. The van der Waals surface area contributed by atoms with Crippen molar-refractivity contribution in [3.05, 3.63) is 65.0 Å². The van der Waals surface area contributed by atoms with Crippen molar-refractivity contribution < 1.29 is 18.9 Å². The molecule has 126 valence electrons. The number of rotatable bonds is 6. The van der Waals surface area contributed by atoms with E-state index in [9.17, 15) is 14.9 Å². The first-order chi connectivity index (χ1) is 12.1. The number of hydrogen-bond acceptors (Lipinski definition) is 7. The summed E-state index contributed by atoms with van der Waals surface area (Å²) in [6, 6.07) is 12.5. The molecule has 1 N–H and O–H groups in total. The average Bonchev–Trinajstić information content (AvgIpc) is 3.15. The van der Waals surface area contributed by atoms with Gasteiger partial charge in [0.25, 0.3) is 11.6 Å². The molecule has 0 aliphatic carbocycles. The van der Waals surface area contributed by atoms with Gasteiger partial charge in [0.15, 0.2) is 6.61 Å². The van der Waals surface area contributed by atoms with Crippen LogP contribution in [0.15, 0.2) is 59.3 Å². The second-order valence-electron chi connectivity index (χ2n) is 4.91. The minimum atomic E-state index is -0.531. The Morgan fingerprint density at radius 2 is 2.04 bits per heavy atom. The van der Waals surface area contributed by atoms with E-state index in [0.717, 1.165) is 5.56 Å². The summed E-state index contributed by atoms with van der Waals surface area (Å²) in [5, 5.41) is 20.6. The quantitative estimate of drug-likeness (QED) is 0.541. The van der Waals surface area contributed by atoms with E-state index in [0.29, 0.717) is 17.3 Å². The zero-order valence-electron chi connectivity index (χ0n) is 12.8.